The highest BCUT2D eigenvalue weighted by Crippen LogP contribution is 2.21. The number of esters is 2. The van der Waals surface area contributed by atoms with Gasteiger partial charge in [-0.05, 0) is 61.4 Å². The summed E-state index contributed by atoms with van der Waals surface area (Å²) in [5.74, 6) is 0.941. The van der Waals surface area contributed by atoms with Gasteiger partial charge in [0.1, 0.15) is 11.5 Å². The Hall–Kier alpha value is -2.67. The number of phenols is 1. The lowest BCUT2D eigenvalue weighted by Gasteiger charge is -2.08. The third-order valence-corrected chi connectivity index (χ3v) is 4.77. The molecule has 0 fully saturated rings. The number of aromatic hydroxyl groups is 1. The Bertz CT molecular complexity index is 742. The molecule has 150 valence electrons. The molecule has 0 amide bonds. The molecule has 7 heteroatoms. The fraction of sp³-hybridized carbons (Fsp3) is 0.333. The van der Waals surface area contributed by atoms with Crippen molar-refractivity contribution in [3.05, 3.63) is 54.1 Å². The first-order chi connectivity index (χ1) is 13.6. The Morgan fingerprint density at radius 3 is 2.32 bits per heavy atom. The quantitative estimate of drug-likeness (QED) is 0.343. The summed E-state index contributed by atoms with van der Waals surface area (Å²) >= 11 is 1.55. The van der Waals surface area contributed by atoms with Gasteiger partial charge in [-0.1, -0.05) is 0 Å². The van der Waals surface area contributed by atoms with Crippen LogP contribution in [0.1, 0.15) is 29.6 Å². The number of hydrogen-bond acceptors (Lipinski definition) is 7. The predicted octanol–water partition coefficient (Wildman–Crippen LogP) is 4.06. The van der Waals surface area contributed by atoms with E-state index in [2.05, 4.69) is 4.74 Å². The van der Waals surface area contributed by atoms with E-state index in [1.165, 1.54) is 7.11 Å². The van der Waals surface area contributed by atoms with Gasteiger partial charge >= 0.3 is 11.9 Å². The molecule has 0 saturated heterocycles. The first-order valence-electron chi connectivity index (χ1n) is 8.97. The lowest BCUT2D eigenvalue weighted by Crippen LogP contribution is -2.08. The van der Waals surface area contributed by atoms with Crippen molar-refractivity contribution >= 4 is 23.7 Å². The predicted molar refractivity (Wildman–Crippen MR) is 107 cm³/mol. The molecule has 0 aliphatic heterocycles. The minimum absolute atomic E-state index is 0.217. The second kappa shape index (κ2) is 11.9. The topological polar surface area (TPSA) is 82.1 Å². The zero-order valence-electron chi connectivity index (χ0n) is 15.8. The number of hydrogen-bond donors (Lipinski definition) is 1. The Labute approximate surface area is 168 Å². The van der Waals surface area contributed by atoms with E-state index in [-0.39, 0.29) is 17.7 Å². The van der Waals surface area contributed by atoms with E-state index in [1.54, 1.807) is 48.2 Å². The van der Waals surface area contributed by atoms with Crippen LogP contribution in [0.5, 0.6) is 11.5 Å². The van der Waals surface area contributed by atoms with Crippen LogP contribution < -0.4 is 4.74 Å². The molecule has 2 aromatic carbocycles. The van der Waals surface area contributed by atoms with E-state index < -0.39 is 0 Å². The van der Waals surface area contributed by atoms with Gasteiger partial charge in [-0.3, -0.25) is 4.79 Å². The number of methoxy groups -OCH3 is 1. The number of carbonyl (C=O) groups is 2. The van der Waals surface area contributed by atoms with E-state index in [4.69, 9.17) is 9.47 Å². The van der Waals surface area contributed by atoms with Gasteiger partial charge in [0.15, 0.2) is 0 Å². The number of thioether (sulfide) groups is 1. The highest BCUT2D eigenvalue weighted by Gasteiger charge is 2.05. The number of carbonyl (C=O) groups excluding carboxylic acids is 2. The average Bonchev–Trinajstić information content (AvgIpc) is 2.72. The van der Waals surface area contributed by atoms with Gasteiger partial charge in [0.2, 0.25) is 0 Å². The Morgan fingerprint density at radius 2 is 1.64 bits per heavy atom. The molecule has 0 aromatic heterocycles. The number of unbranched alkanes of at least 4 members (excludes halogenated alkanes) is 1. The molecule has 2 aromatic rings. The smallest absolute Gasteiger partial charge is 0.337 e. The fourth-order valence-electron chi connectivity index (χ4n) is 2.25. The van der Waals surface area contributed by atoms with Crippen LogP contribution in [-0.4, -0.2) is 43.1 Å². The molecule has 0 bridgehead atoms. The van der Waals surface area contributed by atoms with Gasteiger partial charge in [-0.15, -0.1) is 11.8 Å². The Morgan fingerprint density at radius 1 is 0.964 bits per heavy atom. The van der Waals surface area contributed by atoms with Crippen molar-refractivity contribution < 1.29 is 28.9 Å². The highest BCUT2D eigenvalue weighted by atomic mass is 32.2. The molecule has 0 aliphatic rings. The molecule has 0 radical (unpaired) electrons. The summed E-state index contributed by atoms with van der Waals surface area (Å²) in [4.78, 5) is 24.1. The van der Waals surface area contributed by atoms with Gasteiger partial charge in [0.25, 0.3) is 0 Å². The summed E-state index contributed by atoms with van der Waals surface area (Å²) in [7, 11) is 1.34. The van der Waals surface area contributed by atoms with Crippen molar-refractivity contribution in [1.29, 1.82) is 0 Å². The molecular weight excluding hydrogens is 380 g/mol. The molecular formula is C21H24O6S. The summed E-state index contributed by atoms with van der Waals surface area (Å²) in [5, 5.41) is 9.22. The van der Waals surface area contributed by atoms with E-state index >= 15 is 0 Å². The minimum atomic E-state index is -0.380. The van der Waals surface area contributed by atoms with Crippen molar-refractivity contribution in [1.82, 2.24) is 0 Å². The SMILES string of the molecule is COC(=O)c1ccc(OCCCCOC(=O)CCSc2ccc(O)cc2)cc1. The van der Waals surface area contributed by atoms with Crippen LogP contribution in [0.4, 0.5) is 0 Å². The minimum Gasteiger partial charge on any atom is -0.508 e. The van der Waals surface area contributed by atoms with Crippen molar-refractivity contribution in [2.75, 3.05) is 26.1 Å². The summed E-state index contributed by atoms with van der Waals surface area (Å²) in [6.07, 6.45) is 1.82. The Balaban J connectivity index is 1.51. The van der Waals surface area contributed by atoms with Crippen molar-refractivity contribution in [3.63, 3.8) is 0 Å². The lowest BCUT2D eigenvalue weighted by molar-refractivity contribution is -0.143. The van der Waals surface area contributed by atoms with Crippen LogP contribution in [0.25, 0.3) is 0 Å². The summed E-state index contributed by atoms with van der Waals surface area (Å²) in [5.41, 5.74) is 0.477. The molecule has 2 rings (SSSR count). The molecule has 0 spiro atoms. The van der Waals surface area contributed by atoms with Crippen molar-refractivity contribution in [2.45, 2.75) is 24.2 Å². The molecule has 6 nitrogen and oxygen atoms in total. The van der Waals surface area contributed by atoms with E-state index in [1.807, 2.05) is 12.1 Å². The molecule has 0 saturated carbocycles. The summed E-state index contributed by atoms with van der Waals surface area (Å²) < 4.78 is 15.4. The molecule has 0 atom stereocenters. The highest BCUT2D eigenvalue weighted by molar-refractivity contribution is 7.99. The lowest BCUT2D eigenvalue weighted by atomic mass is 10.2. The first-order valence-corrected chi connectivity index (χ1v) is 9.95. The number of phenolic OH excluding ortho intramolecular Hbond substituents is 1. The van der Waals surface area contributed by atoms with Gasteiger partial charge < -0.3 is 19.3 Å². The van der Waals surface area contributed by atoms with Crippen LogP contribution in [0.3, 0.4) is 0 Å². The zero-order chi connectivity index (χ0) is 20.2. The zero-order valence-corrected chi connectivity index (χ0v) is 16.6. The second-order valence-electron chi connectivity index (χ2n) is 5.88. The summed E-state index contributed by atoms with van der Waals surface area (Å²) in [6.45, 7) is 0.874. The maximum absolute atomic E-state index is 11.7. The molecule has 0 unspecified atom stereocenters. The second-order valence-corrected chi connectivity index (χ2v) is 7.05. The van der Waals surface area contributed by atoms with Gasteiger partial charge in [0, 0.05) is 10.6 Å². The van der Waals surface area contributed by atoms with Crippen molar-refractivity contribution in [2.24, 2.45) is 0 Å². The van der Waals surface area contributed by atoms with Gasteiger partial charge in [-0.2, -0.15) is 0 Å². The largest absolute Gasteiger partial charge is 0.508 e. The van der Waals surface area contributed by atoms with E-state index in [0.717, 1.165) is 17.7 Å². The number of rotatable bonds is 11. The average molecular weight is 404 g/mol. The monoisotopic (exact) mass is 404 g/mol. The normalized spacial score (nSPS) is 10.3. The fourth-order valence-corrected chi connectivity index (χ4v) is 3.08. The van der Waals surface area contributed by atoms with Crippen molar-refractivity contribution in [3.8, 4) is 11.5 Å². The van der Waals surface area contributed by atoms with Gasteiger partial charge in [-0.25, -0.2) is 4.79 Å². The van der Waals surface area contributed by atoms with Crippen LogP contribution in [-0.2, 0) is 14.3 Å². The van der Waals surface area contributed by atoms with Crippen LogP contribution in [0.2, 0.25) is 0 Å². The molecule has 0 heterocycles. The third kappa shape index (κ3) is 7.92. The molecule has 28 heavy (non-hydrogen) atoms. The molecule has 1 N–H and O–H groups in total. The number of benzene rings is 2. The van der Waals surface area contributed by atoms with Crippen LogP contribution in [0.15, 0.2) is 53.4 Å². The van der Waals surface area contributed by atoms with E-state index in [0.29, 0.717) is 36.7 Å². The number of ether oxygens (including phenoxy) is 3. The van der Waals surface area contributed by atoms with Gasteiger partial charge in [0.05, 0.1) is 32.3 Å². The first kappa shape index (κ1) is 21.6. The summed E-state index contributed by atoms with van der Waals surface area (Å²) in [6, 6.07) is 13.6. The van der Waals surface area contributed by atoms with Crippen LogP contribution in [0, 0.1) is 0 Å². The standard InChI is InChI=1S/C21H24O6S/c1-25-21(24)16-4-8-18(9-5-16)26-13-2-3-14-27-20(23)12-15-28-19-10-6-17(22)7-11-19/h4-11,22H,2-3,12-15H2,1H3. The molecule has 0 aliphatic carbocycles. The Kier molecular flexibility index (Phi) is 9.21. The van der Waals surface area contributed by atoms with Crippen LogP contribution >= 0.6 is 11.8 Å². The maximum atomic E-state index is 11.7. The van der Waals surface area contributed by atoms with E-state index in [9.17, 15) is 14.7 Å². The maximum Gasteiger partial charge on any atom is 0.337 e. The third-order valence-electron chi connectivity index (χ3n) is 3.76.